The molecule has 1 fully saturated rings. The summed E-state index contributed by atoms with van der Waals surface area (Å²) in [6.07, 6.45) is 1.99. The average molecular weight is 370 g/mol. The number of benzene rings is 2. The Kier molecular flexibility index (Phi) is 5.74. The fourth-order valence-corrected chi connectivity index (χ4v) is 3.02. The van der Waals surface area contributed by atoms with Gasteiger partial charge in [-0.1, -0.05) is 12.1 Å². The van der Waals surface area contributed by atoms with Gasteiger partial charge in [-0.2, -0.15) is 0 Å². The number of rotatable bonds is 5. The van der Waals surface area contributed by atoms with Crippen LogP contribution in [0.3, 0.4) is 0 Å². The van der Waals surface area contributed by atoms with E-state index in [2.05, 4.69) is 0 Å². The Hall–Kier alpha value is -2.89. The molecule has 3 rings (SSSR count). The van der Waals surface area contributed by atoms with E-state index in [-0.39, 0.29) is 24.2 Å². The number of carbonyl (C=O) groups excluding carboxylic acids is 2. The lowest BCUT2D eigenvalue weighted by Gasteiger charge is -2.16. The highest BCUT2D eigenvalue weighted by Crippen LogP contribution is 2.22. The summed E-state index contributed by atoms with van der Waals surface area (Å²) in [4.78, 5) is 27.4. The fourth-order valence-electron chi connectivity index (χ4n) is 3.02. The van der Waals surface area contributed by atoms with E-state index in [1.54, 1.807) is 49.3 Å². The number of hydrogen-bond donors (Lipinski definition) is 0. The summed E-state index contributed by atoms with van der Waals surface area (Å²) in [6, 6.07) is 11.3. The summed E-state index contributed by atoms with van der Waals surface area (Å²) in [7, 11) is 3.39. The molecule has 1 saturated heterocycles. The molecule has 1 aliphatic rings. The molecule has 1 heterocycles. The van der Waals surface area contributed by atoms with E-state index < -0.39 is 5.82 Å². The molecule has 0 saturated carbocycles. The lowest BCUT2D eigenvalue weighted by atomic mass is 10.1. The van der Waals surface area contributed by atoms with Gasteiger partial charge in [0.2, 0.25) is 0 Å². The van der Waals surface area contributed by atoms with Gasteiger partial charge in [0, 0.05) is 38.3 Å². The molecule has 27 heavy (non-hydrogen) atoms. The Labute approximate surface area is 158 Å². The van der Waals surface area contributed by atoms with Crippen LogP contribution in [0.2, 0.25) is 0 Å². The zero-order valence-electron chi connectivity index (χ0n) is 15.6. The summed E-state index contributed by atoms with van der Waals surface area (Å²) in [5.41, 5.74) is 1.75. The second kappa shape index (κ2) is 8.20. The highest BCUT2D eigenvalue weighted by atomic mass is 19.1. The molecule has 0 N–H and O–H groups in total. The predicted octanol–water partition coefficient (Wildman–Crippen LogP) is 3.34. The van der Waals surface area contributed by atoms with Gasteiger partial charge in [0.15, 0.2) is 11.6 Å². The highest BCUT2D eigenvalue weighted by molar-refractivity contribution is 5.94. The number of hydrogen-bond acceptors (Lipinski definition) is 3. The van der Waals surface area contributed by atoms with Crippen molar-refractivity contribution >= 4 is 11.8 Å². The average Bonchev–Trinajstić information content (AvgIpc) is 3.21. The Morgan fingerprint density at radius 3 is 2.26 bits per heavy atom. The van der Waals surface area contributed by atoms with Gasteiger partial charge in [-0.25, -0.2) is 4.39 Å². The van der Waals surface area contributed by atoms with Gasteiger partial charge in [0.05, 0.1) is 0 Å². The molecule has 0 atom stereocenters. The van der Waals surface area contributed by atoms with Crippen molar-refractivity contribution in [3.63, 3.8) is 0 Å². The number of ether oxygens (including phenoxy) is 1. The van der Waals surface area contributed by atoms with E-state index in [0.717, 1.165) is 31.5 Å². The molecule has 5 nitrogen and oxygen atoms in total. The molecule has 6 heteroatoms. The standard InChI is InChI=1S/C21H23FN2O3/c1-23(2)20(25)16-7-5-15(6-8-16)14-27-19-10-9-17(13-18(19)22)21(26)24-11-3-4-12-24/h5-10,13H,3-4,11-12,14H2,1-2H3. The Balaban J connectivity index is 1.62. The molecular formula is C21H23FN2O3. The van der Waals surface area contributed by atoms with Crippen molar-refractivity contribution in [3.05, 3.63) is 65.0 Å². The second-order valence-electron chi connectivity index (χ2n) is 6.83. The second-order valence-corrected chi connectivity index (χ2v) is 6.83. The third kappa shape index (κ3) is 4.45. The summed E-state index contributed by atoms with van der Waals surface area (Å²) in [5.74, 6) is -0.674. The quantitative estimate of drug-likeness (QED) is 0.811. The van der Waals surface area contributed by atoms with Crippen LogP contribution in [0.5, 0.6) is 5.75 Å². The van der Waals surface area contributed by atoms with Crippen LogP contribution >= 0.6 is 0 Å². The van der Waals surface area contributed by atoms with E-state index in [4.69, 9.17) is 4.74 Å². The van der Waals surface area contributed by atoms with Gasteiger partial charge in [-0.05, 0) is 48.7 Å². The normalized spacial score (nSPS) is 13.5. The number of likely N-dealkylation sites (tertiary alicyclic amines) is 1. The van der Waals surface area contributed by atoms with Gasteiger partial charge in [-0.3, -0.25) is 9.59 Å². The maximum Gasteiger partial charge on any atom is 0.253 e. The van der Waals surface area contributed by atoms with Crippen LogP contribution in [-0.4, -0.2) is 48.8 Å². The Bertz CT molecular complexity index is 828. The SMILES string of the molecule is CN(C)C(=O)c1ccc(COc2ccc(C(=O)N3CCCC3)cc2F)cc1. The third-order valence-corrected chi connectivity index (χ3v) is 4.57. The first-order valence-electron chi connectivity index (χ1n) is 8.98. The molecule has 0 bridgehead atoms. The van der Waals surface area contributed by atoms with Gasteiger partial charge in [0.25, 0.3) is 11.8 Å². The minimum absolute atomic E-state index is 0.0771. The molecule has 2 amide bonds. The first kappa shape index (κ1) is 18.9. The maximum atomic E-state index is 14.3. The summed E-state index contributed by atoms with van der Waals surface area (Å²) in [6.45, 7) is 1.63. The van der Waals surface area contributed by atoms with Crippen LogP contribution in [0.4, 0.5) is 4.39 Å². The number of halogens is 1. The van der Waals surface area contributed by atoms with Gasteiger partial charge < -0.3 is 14.5 Å². The van der Waals surface area contributed by atoms with E-state index in [1.165, 1.54) is 17.0 Å². The van der Waals surface area contributed by atoms with Crippen LogP contribution in [0.15, 0.2) is 42.5 Å². The minimum Gasteiger partial charge on any atom is -0.486 e. The van der Waals surface area contributed by atoms with E-state index >= 15 is 0 Å². The summed E-state index contributed by atoms with van der Waals surface area (Å²) < 4.78 is 19.8. The lowest BCUT2D eigenvalue weighted by Crippen LogP contribution is -2.27. The van der Waals surface area contributed by atoms with Crippen molar-refractivity contribution in [1.29, 1.82) is 0 Å². The van der Waals surface area contributed by atoms with Crippen LogP contribution in [0.25, 0.3) is 0 Å². The van der Waals surface area contributed by atoms with Crippen LogP contribution in [-0.2, 0) is 6.61 Å². The first-order valence-corrected chi connectivity index (χ1v) is 8.98. The zero-order chi connectivity index (χ0) is 19.4. The van der Waals surface area contributed by atoms with Crippen molar-refractivity contribution in [2.75, 3.05) is 27.2 Å². The van der Waals surface area contributed by atoms with Gasteiger partial charge >= 0.3 is 0 Å². The third-order valence-electron chi connectivity index (χ3n) is 4.57. The summed E-state index contributed by atoms with van der Waals surface area (Å²) >= 11 is 0. The number of amides is 2. The van der Waals surface area contributed by atoms with Crippen LogP contribution in [0, 0.1) is 5.82 Å². The Morgan fingerprint density at radius 2 is 1.67 bits per heavy atom. The van der Waals surface area contributed by atoms with Crippen molar-refractivity contribution in [2.45, 2.75) is 19.4 Å². The molecule has 0 unspecified atom stereocenters. The molecule has 142 valence electrons. The molecule has 0 spiro atoms. The minimum atomic E-state index is -0.556. The molecule has 2 aromatic rings. The van der Waals surface area contributed by atoms with E-state index in [0.29, 0.717) is 11.1 Å². The fraction of sp³-hybridized carbons (Fsp3) is 0.333. The predicted molar refractivity (Wildman–Crippen MR) is 100 cm³/mol. The monoisotopic (exact) mass is 370 g/mol. The molecular weight excluding hydrogens is 347 g/mol. The Morgan fingerprint density at radius 1 is 1.04 bits per heavy atom. The molecule has 1 aliphatic heterocycles. The van der Waals surface area contributed by atoms with Crippen LogP contribution < -0.4 is 4.74 Å². The van der Waals surface area contributed by atoms with E-state index in [1.807, 2.05) is 0 Å². The van der Waals surface area contributed by atoms with Crippen molar-refractivity contribution in [2.24, 2.45) is 0 Å². The van der Waals surface area contributed by atoms with Crippen LogP contribution in [0.1, 0.15) is 39.1 Å². The number of nitrogens with zero attached hydrogens (tertiary/aromatic N) is 2. The van der Waals surface area contributed by atoms with Gasteiger partial charge in [0.1, 0.15) is 6.61 Å². The van der Waals surface area contributed by atoms with Crippen molar-refractivity contribution in [3.8, 4) is 5.75 Å². The molecule has 2 aromatic carbocycles. The maximum absolute atomic E-state index is 14.3. The highest BCUT2D eigenvalue weighted by Gasteiger charge is 2.20. The smallest absolute Gasteiger partial charge is 0.253 e. The van der Waals surface area contributed by atoms with Crippen molar-refractivity contribution in [1.82, 2.24) is 9.80 Å². The number of carbonyl (C=O) groups is 2. The topological polar surface area (TPSA) is 49.9 Å². The van der Waals surface area contributed by atoms with E-state index in [9.17, 15) is 14.0 Å². The largest absolute Gasteiger partial charge is 0.486 e. The zero-order valence-corrected chi connectivity index (χ0v) is 15.6. The first-order chi connectivity index (χ1) is 13.0. The van der Waals surface area contributed by atoms with Gasteiger partial charge in [-0.15, -0.1) is 0 Å². The van der Waals surface area contributed by atoms with Crippen molar-refractivity contribution < 1.29 is 18.7 Å². The summed E-state index contributed by atoms with van der Waals surface area (Å²) in [5, 5.41) is 0. The lowest BCUT2D eigenvalue weighted by molar-refractivity contribution is 0.0790. The molecule has 0 aliphatic carbocycles. The molecule has 0 aromatic heterocycles. The molecule has 0 radical (unpaired) electrons.